The summed E-state index contributed by atoms with van der Waals surface area (Å²) in [5.74, 6) is -0.0729. The molecular weight excluding hydrogens is 192 g/mol. The molecule has 1 unspecified atom stereocenters. The zero-order valence-corrected chi connectivity index (χ0v) is 9.05. The number of carbonyl (C=O) groups excluding carboxylic acids is 1. The van der Waals surface area contributed by atoms with Gasteiger partial charge in [-0.25, -0.2) is 9.97 Å². The highest BCUT2D eigenvalue weighted by Crippen LogP contribution is 2.00. The number of carbonyl (C=O) groups is 1. The van der Waals surface area contributed by atoms with Gasteiger partial charge in [0.25, 0.3) is 5.91 Å². The molecule has 0 saturated carbocycles. The third-order valence-electron chi connectivity index (χ3n) is 2.07. The summed E-state index contributed by atoms with van der Waals surface area (Å²) >= 11 is 0. The molecule has 0 aromatic carbocycles. The van der Waals surface area contributed by atoms with E-state index in [0.29, 0.717) is 12.1 Å². The standard InChI is InChI=1S/C10H16N4O/c1-8(11)3-4-14(2)10(15)9-5-12-7-13-6-9/h5-8H,3-4,11H2,1-2H3. The van der Waals surface area contributed by atoms with Gasteiger partial charge in [0.15, 0.2) is 0 Å². The number of nitrogens with two attached hydrogens (primary N) is 1. The van der Waals surface area contributed by atoms with Crippen LogP contribution in [0.2, 0.25) is 0 Å². The molecule has 1 aromatic rings. The van der Waals surface area contributed by atoms with Gasteiger partial charge in [0.05, 0.1) is 5.56 Å². The predicted octanol–water partition coefficient (Wildman–Crippen LogP) is 0.286. The maximum atomic E-state index is 11.8. The van der Waals surface area contributed by atoms with Gasteiger partial charge in [-0.3, -0.25) is 4.79 Å². The van der Waals surface area contributed by atoms with Crippen LogP contribution < -0.4 is 5.73 Å². The smallest absolute Gasteiger partial charge is 0.256 e. The lowest BCUT2D eigenvalue weighted by Crippen LogP contribution is -2.31. The van der Waals surface area contributed by atoms with Crippen molar-refractivity contribution in [2.45, 2.75) is 19.4 Å². The molecule has 0 aliphatic rings. The normalized spacial score (nSPS) is 12.2. The van der Waals surface area contributed by atoms with E-state index in [9.17, 15) is 4.79 Å². The van der Waals surface area contributed by atoms with Crippen LogP contribution in [-0.4, -0.2) is 40.4 Å². The fourth-order valence-corrected chi connectivity index (χ4v) is 1.13. The van der Waals surface area contributed by atoms with Crippen LogP contribution in [0.15, 0.2) is 18.7 Å². The summed E-state index contributed by atoms with van der Waals surface area (Å²) in [6.45, 7) is 2.56. The molecule has 5 heteroatoms. The van der Waals surface area contributed by atoms with Crippen molar-refractivity contribution in [3.05, 3.63) is 24.3 Å². The molecule has 82 valence electrons. The van der Waals surface area contributed by atoms with Gasteiger partial charge >= 0.3 is 0 Å². The average molecular weight is 208 g/mol. The molecule has 0 aliphatic heterocycles. The molecular formula is C10H16N4O. The van der Waals surface area contributed by atoms with Crippen LogP contribution in [0.1, 0.15) is 23.7 Å². The monoisotopic (exact) mass is 208 g/mol. The van der Waals surface area contributed by atoms with Gasteiger partial charge in [-0.15, -0.1) is 0 Å². The van der Waals surface area contributed by atoms with Crippen molar-refractivity contribution >= 4 is 5.91 Å². The fraction of sp³-hybridized carbons (Fsp3) is 0.500. The van der Waals surface area contributed by atoms with Crippen LogP contribution in [0.4, 0.5) is 0 Å². The Balaban J connectivity index is 2.54. The molecule has 1 rings (SSSR count). The Hall–Kier alpha value is -1.49. The number of aromatic nitrogens is 2. The zero-order chi connectivity index (χ0) is 11.3. The average Bonchev–Trinajstić information content (AvgIpc) is 2.26. The van der Waals surface area contributed by atoms with E-state index in [0.717, 1.165) is 6.42 Å². The highest BCUT2D eigenvalue weighted by Gasteiger charge is 2.11. The lowest BCUT2D eigenvalue weighted by atomic mass is 10.2. The third kappa shape index (κ3) is 3.63. The minimum absolute atomic E-state index is 0.0729. The molecule has 0 radical (unpaired) electrons. The van der Waals surface area contributed by atoms with Crippen molar-refractivity contribution in [2.75, 3.05) is 13.6 Å². The third-order valence-corrected chi connectivity index (χ3v) is 2.07. The van der Waals surface area contributed by atoms with Crippen molar-refractivity contribution in [2.24, 2.45) is 5.73 Å². The molecule has 0 fully saturated rings. The van der Waals surface area contributed by atoms with Gasteiger partial charge < -0.3 is 10.6 Å². The van der Waals surface area contributed by atoms with E-state index in [4.69, 9.17) is 5.73 Å². The van der Waals surface area contributed by atoms with Crippen molar-refractivity contribution in [1.29, 1.82) is 0 Å². The molecule has 1 heterocycles. The van der Waals surface area contributed by atoms with Gasteiger partial charge in [-0.1, -0.05) is 0 Å². The minimum Gasteiger partial charge on any atom is -0.342 e. The number of hydrogen-bond acceptors (Lipinski definition) is 4. The van der Waals surface area contributed by atoms with Gasteiger partial charge in [-0.05, 0) is 13.3 Å². The summed E-state index contributed by atoms with van der Waals surface area (Å²) in [4.78, 5) is 21.0. The summed E-state index contributed by atoms with van der Waals surface area (Å²) in [6, 6.07) is 0.104. The first-order valence-corrected chi connectivity index (χ1v) is 4.87. The Morgan fingerprint density at radius 3 is 2.67 bits per heavy atom. The van der Waals surface area contributed by atoms with E-state index < -0.39 is 0 Å². The van der Waals surface area contributed by atoms with E-state index in [2.05, 4.69) is 9.97 Å². The number of amides is 1. The van der Waals surface area contributed by atoms with Crippen LogP contribution >= 0.6 is 0 Å². The molecule has 0 bridgehead atoms. The Morgan fingerprint density at radius 2 is 2.13 bits per heavy atom. The van der Waals surface area contributed by atoms with Crippen molar-refractivity contribution in [1.82, 2.24) is 14.9 Å². The summed E-state index contributed by atoms with van der Waals surface area (Å²) in [6.07, 6.45) is 5.21. The van der Waals surface area contributed by atoms with Gasteiger partial charge in [0.1, 0.15) is 6.33 Å². The van der Waals surface area contributed by atoms with Gasteiger partial charge in [-0.2, -0.15) is 0 Å². The number of nitrogens with zero attached hydrogens (tertiary/aromatic N) is 3. The topological polar surface area (TPSA) is 72.1 Å². The molecule has 2 N–H and O–H groups in total. The van der Waals surface area contributed by atoms with Crippen molar-refractivity contribution in [3.63, 3.8) is 0 Å². The Bertz CT molecular complexity index is 312. The lowest BCUT2D eigenvalue weighted by Gasteiger charge is -2.17. The van der Waals surface area contributed by atoms with Crippen LogP contribution in [0.3, 0.4) is 0 Å². The molecule has 0 spiro atoms. The second kappa shape index (κ2) is 5.41. The van der Waals surface area contributed by atoms with Crippen LogP contribution in [0.25, 0.3) is 0 Å². The maximum absolute atomic E-state index is 11.8. The SMILES string of the molecule is CC(N)CCN(C)C(=O)c1cncnc1. The van der Waals surface area contributed by atoms with E-state index in [1.165, 1.54) is 18.7 Å². The van der Waals surface area contributed by atoms with E-state index >= 15 is 0 Å². The second-order valence-electron chi connectivity index (χ2n) is 3.62. The zero-order valence-electron chi connectivity index (χ0n) is 9.05. The van der Waals surface area contributed by atoms with E-state index in [1.54, 1.807) is 11.9 Å². The van der Waals surface area contributed by atoms with Crippen LogP contribution in [-0.2, 0) is 0 Å². The first kappa shape index (κ1) is 11.6. The molecule has 1 atom stereocenters. The second-order valence-corrected chi connectivity index (χ2v) is 3.62. The highest BCUT2D eigenvalue weighted by atomic mass is 16.2. The molecule has 0 aliphatic carbocycles. The maximum Gasteiger partial charge on any atom is 0.256 e. The van der Waals surface area contributed by atoms with Crippen molar-refractivity contribution < 1.29 is 4.79 Å². The molecule has 0 saturated heterocycles. The van der Waals surface area contributed by atoms with Crippen LogP contribution in [0.5, 0.6) is 0 Å². The first-order chi connectivity index (χ1) is 7.11. The van der Waals surface area contributed by atoms with Crippen molar-refractivity contribution in [3.8, 4) is 0 Å². The largest absolute Gasteiger partial charge is 0.342 e. The van der Waals surface area contributed by atoms with Gasteiger partial charge in [0, 0.05) is 32.0 Å². The Kier molecular flexibility index (Phi) is 4.17. The molecule has 5 nitrogen and oxygen atoms in total. The quantitative estimate of drug-likeness (QED) is 0.771. The number of rotatable bonds is 4. The summed E-state index contributed by atoms with van der Waals surface area (Å²) in [5, 5.41) is 0. The molecule has 15 heavy (non-hydrogen) atoms. The minimum atomic E-state index is -0.0729. The van der Waals surface area contributed by atoms with Gasteiger partial charge in [0.2, 0.25) is 0 Å². The Labute approximate surface area is 89.3 Å². The fourth-order valence-electron chi connectivity index (χ4n) is 1.13. The summed E-state index contributed by atoms with van der Waals surface area (Å²) in [7, 11) is 1.75. The molecule has 1 aromatic heterocycles. The highest BCUT2D eigenvalue weighted by molar-refractivity contribution is 5.93. The Morgan fingerprint density at radius 1 is 1.53 bits per heavy atom. The summed E-state index contributed by atoms with van der Waals surface area (Å²) < 4.78 is 0. The lowest BCUT2D eigenvalue weighted by molar-refractivity contribution is 0.0791. The van der Waals surface area contributed by atoms with E-state index in [-0.39, 0.29) is 11.9 Å². The first-order valence-electron chi connectivity index (χ1n) is 4.87. The summed E-state index contributed by atoms with van der Waals surface area (Å²) in [5.41, 5.74) is 6.12. The predicted molar refractivity (Wildman–Crippen MR) is 57.3 cm³/mol. The molecule has 1 amide bonds. The van der Waals surface area contributed by atoms with Crippen LogP contribution in [0, 0.1) is 0 Å². The number of hydrogen-bond donors (Lipinski definition) is 1. The van der Waals surface area contributed by atoms with E-state index in [1.807, 2.05) is 6.92 Å².